The van der Waals surface area contributed by atoms with E-state index in [4.69, 9.17) is 6.42 Å². The average Bonchev–Trinajstić information content (AvgIpc) is 2.55. The Kier molecular flexibility index (Phi) is 4.12. The zero-order valence-corrected chi connectivity index (χ0v) is 12.5. The first-order valence-corrected chi connectivity index (χ1v) is 7.55. The van der Waals surface area contributed by atoms with Crippen LogP contribution in [0.2, 0.25) is 0 Å². The van der Waals surface area contributed by atoms with Crippen molar-refractivity contribution in [2.75, 3.05) is 38.0 Å². The number of piperazine rings is 1. The molecule has 2 aliphatic rings. The Morgan fingerprint density at radius 1 is 1.23 bits per heavy atom. The van der Waals surface area contributed by atoms with Crippen LogP contribution in [0.25, 0.3) is 0 Å². The minimum atomic E-state index is 0.0382. The van der Waals surface area contributed by atoms with Crippen LogP contribution in [0, 0.1) is 12.3 Å². The van der Waals surface area contributed by atoms with Gasteiger partial charge in [0, 0.05) is 43.9 Å². The van der Waals surface area contributed by atoms with Crippen LogP contribution in [-0.2, 0) is 11.2 Å². The highest BCUT2D eigenvalue weighted by Crippen LogP contribution is 2.24. The highest BCUT2D eigenvalue weighted by molar-refractivity contribution is 5.98. The summed E-state index contributed by atoms with van der Waals surface area (Å²) in [5.74, 6) is 2.73. The monoisotopic (exact) mass is 297 g/mol. The second-order valence-corrected chi connectivity index (χ2v) is 5.69. The molecule has 5 nitrogen and oxygen atoms in total. The summed E-state index contributed by atoms with van der Waals surface area (Å²) in [6.07, 6.45) is 6.49. The molecule has 1 aromatic carbocycles. The largest absolute Gasteiger partial charge is 0.336 e. The summed E-state index contributed by atoms with van der Waals surface area (Å²) >= 11 is 0. The molecule has 22 heavy (non-hydrogen) atoms. The van der Waals surface area contributed by atoms with E-state index in [1.54, 1.807) is 6.07 Å². The summed E-state index contributed by atoms with van der Waals surface area (Å²) in [7, 11) is 0. The van der Waals surface area contributed by atoms with Gasteiger partial charge in [-0.2, -0.15) is 0 Å². The third-order valence-electron chi connectivity index (χ3n) is 4.22. The van der Waals surface area contributed by atoms with E-state index in [1.807, 2.05) is 17.0 Å². The van der Waals surface area contributed by atoms with Gasteiger partial charge in [0.05, 0.1) is 6.54 Å². The van der Waals surface area contributed by atoms with Crippen LogP contribution in [0.3, 0.4) is 0 Å². The molecule has 1 aromatic rings. The Hall–Kier alpha value is -2.32. The Bertz CT molecular complexity index is 640. The number of benzene rings is 1. The maximum Gasteiger partial charge on any atom is 0.253 e. The number of aryl methyl sites for hydroxylation is 1. The molecular formula is C17H19N3O2. The van der Waals surface area contributed by atoms with E-state index in [0.717, 1.165) is 24.3 Å². The lowest BCUT2D eigenvalue weighted by Gasteiger charge is -2.33. The van der Waals surface area contributed by atoms with Crippen LogP contribution >= 0.6 is 0 Å². The smallest absolute Gasteiger partial charge is 0.253 e. The molecule has 5 heteroatoms. The van der Waals surface area contributed by atoms with Gasteiger partial charge in [-0.15, -0.1) is 6.42 Å². The lowest BCUT2D eigenvalue weighted by molar-refractivity contribution is -0.116. The Morgan fingerprint density at radius 3 is 2.73 bits per heavy atom. The number of rotatable bonds is 2. The second-order valence-electron chi connectivity index (χ2n) is 5.69. The Balaban J connectivity index is 1.68. The zero-order chi connectivity index (χ0) is 15.5. The van der Waals surface area contributed by atoms with Crippen molar-refractivity contribution in [1.29, 1.82) is 0 Å². The summed E-state index contributed by atoms with van der Waals surface area (Å²) in [4.78, 5) is 28.0. The number of amides is 2. The molecule has 1 fully saturated rings. The highest BCUT2D eigenvalue weighted by atomic mass is 16.2. The number of nitrogens with zero attached hydrogens (tertiary/aromatic N) is 2. The number of fused-ring (bicyclic) bond motifs is 1. The van der Waals surface area contributed by atoms with Gasteiger partial charge >= 0.3 is 0 Å². The number of anilines is 1. The molecule has 0 atom stereocenters. The van der Waals surface area contributed by atoms with Crippen LogP contribution in [0.5, 0.6) is 0 Å². The van der Waals surface area contributed by atoms with E-state index < -0.39 is 0 Å². The second kappa shape index (κ2) is 6.20. The van der Waals surface area contributed by atoms with Crippen molar-refractivity contribution in [3.63, 3.8) is 0 Å². The fourth-order valence-electron chi connectivity index (χ4n) is 2.94. The van der Waals surface area contributed by atoms with Crippen molar-refractivity contribution in [3.05, 3.63) is 29.3 Å². The number of nitrogens with one attached hydrogen (secondary N) is 1. The van der Waals surface area contributed by atoms with Crippen molar-refractivity contribution < 1.29 is 9.59 Å². The van der Waals surface area contributed by atoms with Crippen LogP contribution in [-0.4, -0.2) is 54.3 Å². The van der Waals surface area contributed by atoms with Gasteiger partial charge in [0.2, 0.25) is 5.91 Å². The maximum absolute atomic E-state index is 12.6. The van der Waals surface area contributed by atoms with Gasteiger partial charge in [-0.25, -0.2) is 0 Å². The highest BCUT2D eigenvalue weighted by Gasteiger charge is 2.23. The third-order valence-corrected chi connectivity index (χ3v) is 4.22. The fourth-order valence-corrected chi connectivity index (χ4v) is 2.94. The molecule has 0 saturated carbocycles. The van der Waals surface area contributed by atoms with Crippen LogP contribution in [0.15, 0.2) is 18.2 Å². The lowest BCUT2D eigenvalue weighted by atomic mass is 10.00. The van der Waals surface area contributed by atoms with Crippen molar-refractivity contribution in [3.8, 4) is 12.3 Å². The fraction of sp³-hybridized carbons (Fsp3) is 0.412. The minimum Gasteiger partial charge on any atom is -0.336 e. The van der Waals surface area contributed by atoms with E-state index in [0.29, 0.717) is 38.0 Å². The molecule has 3 rings (SSSR count). The lowest BCUT2D eigenvalue weighted by Crippen LogP contribution is -2.48. The molecule has 0 aliphatic carbocycles. The van der Waals surface area contributed by atoms with Crippen LogP contribution in [0.4, 0.5) is 5.69 Å². The summed E-state index contributed by atoms with van der Waals surface area (Å²) in [5, 5.41) is 2.84. The standard InChI is InChI=1S/C17H19N3O2/c1-2-7-19-8-10-20(11-9-19)17(22)14-3-5-15-13(12-14)4-6-16(21)18-15/h1,3,5,12H,4,6-11H2,(H,18,21). The van der Waals surface area contributed by atoms with Gasteiger partial charge in [0.25, 0.3) is 5.91 Å². The summed E-state index contributed by atoms with van der Waals surface area (Å²) < 4.78 is 0. The first kappa shape index (κ1) is 14.6. The minimum absolute atomic E-state index is 0.0382. The molecule has 0 spiro atoms. The van der Waals surface area contributed by atoms with E-state index in [2.05, 4.69) is 16.1 Å². The van der Waals surface area contributed by atoms with Crippen molar-refractivity contribution >= 4 is 17.5 Å². The quantitative estimate of drug-likeness (QED) is 0.827. The summed E-state index contributed by atoms with van der Waals surface area (Å²) in [6.45, 7) is 3.68. The van der Waals surface area contributed by atoms with E-state index in [-0.39, 0.29) is 11.8 Å². The Labute approximate surface area is 130 Å². The van der Waals surface area contributed by atoms with Gasteiger partial charge in [-0.3, -0.25) is 14.5 Å². The number of carbonyl (C=O) groups is 2. The van der Waals surface area contributed by atoms with Gasteiger partial charge in [-0.05, 0) is 30.2 Å². The molecule has 2 amide bonds. The first-order chi connectivity index (χ1) is 10.7. The molecule has 0 radical (unpaired) electrons. The normalized spacial score (nSPS) is 18.3. The number of hydrogen-bond donors (Lipinski definition) is 1. The van der Waals surface area contributed by atoms with Crippen molar-refractivity contribution in [2.45, 2.75) is 12.8 Å². The summed E-state index contributed by atoms with van der Waals surface area (Å²) in [5.41, 5.74) is 2.56. The number of carbonyl (C=O) groups excluding carboxylic acids is 2. The van der Waals surface area contributed by atoms with E-state index in [1.165, 1.54) is 0 Å². The zero-order valence-electron chi connectivity index (χ0n) is 12.5. The number of terminal acetylenes is 1. The van der Waals surface area contributed by atoms with Gasteiger partial charge < -0.3 is 10.2 Å². The molecule has 0 unspecified atom stereocenters. The molecule has 0 aromatic heterocycles. The molecule has 114 valence electrons. The molecular weight excluding hydrogens is 278 g/mol. The van der Waals surface area contributed by atoms with Gasteiger partial charge in [-0.1, -0.05) is 5.92 Å². The van der Waals surface area contributed by atoms with Crippen molar-refractivity contribution in [1.82, 2.24) is 9.80 Å². The van der Waals surface area contributed by atoms with Crippen molar-refractivity contribution in [2.24, 2.45) is 0 Å². The average molecular weight is 297 g/mol. The van der Waals surface area contributed by atoms with Crippen LogP contribution in [0.1, 0.15) is 22.3 Å². The molecule has 2 heterocycles. The summed E-state index contributed by atoms with van der Waals surface area (Å²) in [6, 6.07) is 5.53. The molecule has 1 N–H and O–H groups in total. The molecule has 0 bridgehead atoms. The number of hydrogen-bond acceptors (Lipinski definition) is 3. The topological polar surface area (TPSA) is 52.7 Å². The van der Waals surface area contributed by atoms with Crippen LogP contribution < -0.4 is 5.32 Å². The predicted octanol–water partition coefficient (Wildman–Crippen LogP) is 0.962. The van der Waals surface area contributed by atoms with E-state index in [9.17, 15) is 9.59 Å². The first-order valence-electron chi connectivity index (χ1n) is 7.55. The molecule has 1 saturated heterocycles. The molecule has 2 aliphatic heterocycles. The Morgan fingerprint density at radius 2 is 2.00 bits per heavy atom. The SMILES string of the molecule is C#CCN1CCN(C(=O)c2ccc3c(c2)CCC(=O)N3)CC1. The van der Waals surface area contributed by atoms with E-state index >= 15 is 0 Å². The third kappa shape index (κ3) is 2.97. The van der Waals surface area contributed by atoms with Gasteiger partial charge in [0.1, 0.15) is 0 Å². The maximum atomic E-state index is 12.6. The predicted molar refractivity (Wildman–Crippen MR) is 84.6 cm³/mol. The van der Waals surface area contributed by atoms with Gasteiger partial charge in [0.15, 0.2) is 0 Å².